The van der Waals surface area contributed by atoms with Crippen LogP contribution in [0.25, 0.3) is 0 Å². The third-order valence-electron chi connectivity index (χ3n) is 4.25. The van der Waals surface area contributed by atoms with E-state index in [4.69, 9.17) is 0 Å². The molecule has 120 valence electrons. The highest BCUT2D eigenvalue weighted by Crippen LogP contribution is 2.27. The molecule has 1 aliphatic rings. The van der Waals surface area contributed by atoms with E-state index in [-0.39, 0.29) is 17.8 Å². The van der Waals surface area contributed by atoms with Gasteiger partial charge in [0, 0.05) is 24.3 Å². The highest BCUT2D eigenvalue weighted by Gasteiger charge is 2.21. The van der Waals surface area contributed by atoms with Crippen LogP contribution >= 0.6 is 0 Å². The molecule has 1 unspecified atom stereocenters. The van der Waals surface area contributed by atoms with Gasteiger partial charge in [-0.1, -0.05) is 25.1 Å². The summed E-state index contributed by atoms with van der Waals surface area (Å²) < 4.78 is 13.1. The van der Waals surface area contributed by atoms with Crippen molar-refractivity contribution in [3.8, 4) is 0 Å². The quantitative estimate of drug-likeness (QED) is 0.880. The minimum atomic E-state index is -0.224. The number of hydrogen-bond acceptors (Lipinski definition) is 2. The summed E-state index contributed by atoms with van der Waals surface area (Å²) in [6.07, 6.45) is 2.44. The minimum Gasteiger partial charge on any atom is -0.378 e. The van der Waals surface area contributed by atoms with E-state index in [0.717, 1.165) is 36.3 Å². The lowest BCUT2D eigenvalue weighted by atomic mass is 10.0. The number of anilines is 2. The summed E-state index contributed by atoms with van der Waals surface area (Å²) in [6, 6.07) is 14.6. The van der Waals surface area contributed by atoms with E-state index in [1.54, 1.807) is 0 Å². The zero-order chi connectivity index (χ0) is 16.2. The Kier molecular flexibility index (Phi) is 4.60. The lowest BCUT2D eigenvalue weighted by Gasteiger charge is -2.21. The fourth-order valence-corrected chi connectivity index (χ4v) is 3.00. The molecule has 0 spiro atoms. The number of halogens is 1. The van der Waals surface area contributed by atoms with Gasteiger partial charge in [0.2, 0.25) is 5.91 Å². The second-order valence-electron chi connectivity index (χ2n) is 5.86. The predicted octanol–water partition coefficient (Wildman–Crippen LogP) is 4.52. The summed E-state index contributed by atoms with van der Waals surface area (Å²) in [5.41, 5.74) is 2.96. The van der Waals surface area contributed by atoms with E-state index in [0.29, 0.717) is 6.42 Å². The Morgan fingerprint density at radius 2 is 2.00 bits per heavy atom. The first kappa shape index (κ1) is 15.5. The lowest BCUT2D eigenvalue weighted by Crippen LogP contribution is -2.23. The number of carbonyl (C=O) groups excluding carboxylic acids is 1. The zero-order valence-electron chi connectivity index (χ0n) is 13.3. The van der Waals surface area contributed by atoms with Crippen molar-refractivity contribution in [3.05, 3.63) is 59.9 Å². The van der Waals surface area contributed by atoms with Crippen LogP contribution in [0.5, 0.6) is 0 Å². The van der Waals surface area contributed by atoms with E-state index in [1.165, 1.54) is 12.1 Å². The molecule has 0 bridgehead atoms. The molecule has 3 rings (SSSR count). The van der Waals surface area contributed by atoms with Crippen molar-refractivity contribution in [2.45, 2.75) is 32.2 Å². The van der Waals surface area contributed by atoms with Crippen molar-refractivity contribution in [1.29, 1.82) is 0 Å². The average Bonchev–Trinajstić information content (AvgIpc) is 3.00. The monoisotopic (exact) mass is 312 g/mol. The SMILES string of the molecule is CCC(Nc1cccc(N2CCCC2=O)c1)c1ccc(F)cc1. The standard InChI is InChI=1S/C19H21FN2O/c1-2-18(14-8-10-15(20)11-9-14)21-16-5-3-6-17(13-16)22-12-4-7-19(22)23/h3,5-6,8-11,13,18,21H,2,4,7,12H2,1H3. The molecule has 1 fully saturated rings. The Bertz CT molecular complexity index is 684. The maximum Gasteiger partial charge on any atom is 0.227 e. The lowest BCUT2D eigenvalue weighted by molar-refractivity contribution is -0.117. The first-order valence-corrected chi connectivity index (χ1v) is 8.10. The number of rotatable bonds is 5. The molecule has 1 atom stereocenters. The van der Waals surface area contributed by atoms with Gasteiger partial charge in [0.15, 0.2) is 0 Å². The third kappa shape index (κ3) is 3.52. The molecule has 1 heterocycles. The second kappa shape index (κ2) is 6.82. The fourth-order valence-electron chi connectivity index (χ4n) is 3.00. The normalized spacial score (nSPS) is 15.7. The predicted molar refractivity (Wildman–Crippen MR) is 91.1 cm³/mol. The summed E-state index contributed by atoms with van der Waals surface area (Å²) >= 11 is 0. The number of hydrogen-bond donors (Lipinski definition) is 1. The number of nitrogens with one attached hydrogen (secondary N) is 1. The summed E-state index contributed by atoms with van der Waals surface area (Å²) in [7, 11) is 0. The summed E-state index contributed by atoms with van der Waals surface area (Å²) in [5.74, 6) is -0.0362. The number of carbonyl (C=O) groups is 1. The van der Waals surface area contributed by atoms with Crippen LogP contribution in [0.4, 0.5) is 15.8 Å². The van der Waals surface area contributed by atoms with Gasteiger partial charge >= 0.3 is 0 Å². The molecule has 4 heteroatoms. The molecule has 1 saturated heterocycles. The highest BCUT2D eigenvalue weighted by atomic mass is 19.1. The van der Waals surface area contributed by atoms with Gasteiger partial charge < -0.3 is 10.2 Å². The van der Waals surface area contributed by atoms with E-state index >= 15 is 0 Å². The summed E-state index contributed by atoms with van der Waals surface area (Å²) in [6.45, 7) is 2.88. The van der Waals surface area contributed by atoms with Crippen molar-refractivity contribution in [2.24, 2.45) is 0 Å². The van der Waals surface area contributed by atoms with Gasteiger partial charge in [-0.3, -0.25) is 4.79 Å². The summed E-state index contributed by atoms with van der Waals surface area (Å²) in [4.78, 5) is 13.7. The molecule has 0 saturated carbocycles. The molecule has 0 aliphatic carbocycles. The van der Waals surface area contributed by atoms with Gasteiger partial charge in [-0.2, -0.15) is 0 Å². The Balaban J connectivity index is 1.78. The van der Waals surface area contributed by atoms with Crippen LogP contribution in [0.3, 0.4) is 0 Å². The van der Waals surface area contributed by atoms with Crippen LogP contribution in [0.2, 0.25) is 0 Å². The Morgan fingerprint density at radius 3 is 2.65 bits per heavy atom. The van der Waals surface area contributed by atoms with Crippen LogP contribution < -0.4 is 10.2 Å². The van der Waals surface area contributed by atoms with E-state index < -0.39 is 0 Å². The van der Waals surface area contributed by atoms with Crippen molar-refractivity contribution < 1.29 is 9.18 Å². The molecule has 1 N–H and O–H groups in total. The zero-order valence-corrected chi connectivity index (χ0v) is 13.3. The Morgan fingerprint density at radius 1 is 1.22 bits per heavy atom. The van der Waals surface area contributed by atoms with Crippen LogP contribution in [0.15, 0.2) is 48.5 Å². The van der Waals surface area contributed by atoms with Crippen molar-refractivity contribution >= 4 is 17.3 Å². The maximum atomic E-state index is 13.1. The van der Waals surface area contributed by atoms with Gasteiger partial charge in [-0.15, -0.1) is 0 Å². The molecule has 1 amide bonds. The number of amides is 1. The molecular weight excluding hydrogens is 291 g/mol. The van der Waals surface area contributed by atoms with Gasteiger partial charge in [0.25, 0.3) is 0 Å². The van der Waals surface area contributed by atoms with E-state index in [2.05, 4.69) is 12.2 Å². The second-order valence-corrected chi connectivity index (χ2v) is 5.86. The van der Waals surface area contributed by atoms with Crippen LogP contribution in [0, 0.1) is 5.82 Å². The van der Waals surface area contributed by atoms with Crippen molar-refractivity contribution in [1.82, 2.24) is 0 Å². The van der Waals surface area contributed by atoms with Crippen LogP contribution in [0.1, 0.15) is 37.8 Å². The van der Waals surface area contributed by atoms with Crippen LogP contribution in [-0.2, 0) is 4.79 Å². The molecule has 3 nitrogen and oxygen atoms in total. The van der Waals surface area contributed by atoms with Gasteiger partial charge in [0.05, 0.1) is 6.04 Å². The highest BCUT2D eigenvalue weighted by molar-refractivity contribution is 5.95. The minimum absolute atomic E-state index is 0.111. The number of benzene rings is 2. The van der Waals surface area contributed by atoms with Crippen molar-refractivity contribution in [2.75, 3.05) is 16.8 Å². The molecule has 2 aromatic rings. The molecule has 2 aromatic carbocycles. The van der Waals surface area contributed by atoms with Gasteiger partial charge in [0.1, 0.15) is 5.82 Å². The maximum absolute atomic E-state index is 13.1. The Labute approximate surface area is 136 Å². The third-order valence-corrected chi connectivity index (χ3v) is 4.25. The topological polar surface area (TPSA) is 32.3 Å². The molecule has 0 radical (unpaired) electrons. The summed E-state index contributed by atoms with van der Waals surface area (Å²) in [5, 5.41) is 3.48. The first-order valence-electron chi connectivity index (χ1n) is 8.10. The molecule has 1 aliphatic heterocycles. The van der Waals surface area contributed by atoms with Crippen LogP contribution in [-0.4, -0.2) is 12.5 Å². The fraction of sp³-hybridized carbons (Fsp3) is 0.316. The molecular formula is C19H21FN2O. The first-order chi connectivity index (χ1) is 11.2. The van der Waals surface area contributed by atoms with Gasteiger partial charge in [-0.25, -0.2) is 4.39 Å². The number of nitrogens with zero attached hydrogens (tertiary/aromatic N) is 1. The Hall–Kier alpha value is -2.36. The molecule has 0 aromatic heterocycles. The smallest absolute Gasteiger partial charge is 0.227 e. The van der Waals surface area contributed by atoms with Crippen molar-refractivity contribution in [3.63, 3.8) is 0 Å². The molecule has 23 heavy (non-hydrogen) atoms. The average molecular weight is 312 g/mol. The van der Waals surface area contributed by atoms with E-state index in [9.17, 15) is 9.18 Å². The van der Waals surface area contributed by atoms with E-state index in [1.807, 2.05) is 41.3 Å². The van der Waals surface area contributed by atoms with Gasteiger partial charge in [-0.05, 0) is 48.7 Å². The largest absolute Gasteiger partial charge is 0.378 e.